The van der Waals surface area contributed by atoms with E-state index in [9.17, 15) is 4.39 Å². The first-order chi connectivity index (χ1) is 11.6. The maximum absolute atomic E-state index is 13.0. The molecule has 1 heterocycles. The molecule has 0 radical (unpaired) electrons. The Morgan fingerprint density at radius 3 is 2.54 bits per heavy atom. The van der Waals surface area contributed by atoms with Crippen LogP contribution in [0.5, 0.6) is 0 Å². The highest BCUT2D eigenvalue weighted by Gasteiger charge is 2.14. The summed E-state index contributed by atoms with van der Waals surface area (Å²) in [4.78, 5) is 0. The Hall–Kier alpha value is -1.85. The van der Waals surface area contributed by atoms with E-state index in [-0.39, 0.29) is 5.82 Å². The normalized spacial score (nSPS) is 11.0. The molecule has 124 valence electrons. The molecule has 0 unspecified atom stereocenters. The Labute approximate surface area is 149 Å². The van der Waals surface area contributed by atoms with Crippen LogP contribution in [0.4, 0.5) is 4.39 Å². The molecular formula is C18H17ClFN3S. The van der Waals surface area contributed by atoms with Gasteiger partial charge < -0.3 is 4.57 Å². The average molecular weight is 362 g/mol. The molecule has 0 aliphatic carbocycles. The van der Waals surface area contributed by atoms with Crippen LogP contribution in [0, 0.1) is 12.7 Å². The fourth-order valence-electron chi connectivity index (χ4n) is 2.35. The van der Waals surface area contributed by atoms with Crippen molar-refractivity contribution in [1.29, 1.82) is 0 Å². The Bertz CT molecular complexity index is 846. The van der Waals surface area contributed by atoms with Crippen LogP contribution in [-0.4, -0.2) is 14.8 Å². The van der Waals surface area contributed by atoms with Gasteiger partial charge in [-0.2, -0.15) is 0 Å². The largest absolute Gasteiger partial charge is 0.302 e. The number of hydrogen-bond donors (Lipinski definition) is 0. The van der Waals surface area contributed by atoms with Gasteiger partial charge in [0.25, 0.3) is 0 Å². The van der Waals surface area contributed by atoms with Crippen molar-refractivity contribution in [3.63, 3.8) is 0 Å². The van der Waals surface area contributed by atoms with E-state index in [1.165, 1.54) is 12.1 Å². The van der Waals surface area contributed by atoms with Crippen LogP contribution < -0.4 is 0 Å². The molecule has 3 aromatic rings. The van der Waals surface area contributed by atoms with Crippen LogP contribution in [0.3, 0.4) is 0 Å². The van der Waals surface area contributed by atoms with E-state index < -0.39 is 0 Å². The molecule has 0 atom stereocenters. The Balaban J connectivity index is 1.83. The summed E-state index contributed by atoms with van der Waals surface area (Å²) >= 11 is 7.81. The molecule has 0 saturated carbocycles. The molecule has 0 saturated heterocycles. The predicted molar refractivity (Wildman–Crippen MR) is 96.8 cm³/mol. The smallest absolute Gasteiger partial charge is 0.191 e. The molecule has 1 aromatic heterocycles. The molecule has 0 fully saturated rings. The molecular weight excluding hydrogens is 345 g/mol. The third-order valence-electron chi connectivity index (χ3n) is 3.74. The standard InChI is InChI=1S/C18H17ClFN3S/c1-3-23-17(14-7-4-12(2)16(19)10-14)21-22-18(23)24-11-13-5-8-15(20)9-6-13/h4-10H,3,11H2,1-2H3. The maximum Gasteiger partial charge on any atom is 0.191 e. The molecule has 24 heavy (non-hydrogen) atoms. The minimum absolute atomic E-state index is 0.223. The zero-order valence-corrected chi connectivity index (χ0v) is 15.0. The van der Waals surface area contributed by atoms with E-state index >= 15 is 0 Å². The topological polar surface area (TPSA) is 30.7 Å². The van der Waals surface area contributed by atoms with Crippen molar-refractivity contribution in [1.82, 2.24) is 14.8 Å². The van der Waals surface area contributed by atoms with Gasteiger partial charge in [-0.1, -0.05) is 47.6 Å². The molecule has 0 spiro atoms. The first-order valence-corrected chi connectivity index (χ1v) is 9.02. The second-order valence-corrected chi connectivity index (χ2v) is 6.78. The van der Waals surface area contributed by atoms with Crippen molar-refractivity contribution in [3.05, 3.63) is 64.4 Å². The second kappa shape index (κ2) is 7.36. The minimum atomic E-state index is -0.223. The average Bonchev–Trinajstić information content (AvgIpc) is 3.00. The van der Waals surface area contributed by atoms with Gasteiger partial charge in [0.1, 0.15) is 5.82 Å². The fourth-order valence-corrected chi connectivity index (χ4v) is 3.49. The van der Waals surface area contributed by atoms with E-state index in [1.807, 2.05) is 25.1 Å². The van der Waals surface area contributed by atoms with Crippen LogP contribution in [-0.2, 0) is 12.3 Å². The molecule has 3 nitrogen and oxygen atoms in total. The number of aromatic nitrogens is 3. The van der Waals surface area contributed by atoms with Gasteiger partial charge >= 0.3 is 0 Å². The van der Waals surface area contributed by atoms with E-state index in [0.29, 0.717) is 5.75 Å². The summed E-state index contributed by atoms with van der Waals surface area (Å²) in [5, 5.41) is 10.2. The number of thioether (sulfide) groups is 1. The monoisotopic (exact) mass is 361 g/mol. The van der Waals surface area contributed by atoms with Crippen molar-refractivity contribution < 1.29 is 4.39 Å². The molecule has 6 heteroatoms. The lowest BCUT2D eigenvalue weighted by Crippen LogP contribution is -2.00. The summed E-state index contributed by atoms with van der Waals surface area (Å²) in [6.07, 6.45) is 0. The summed E-state index contributed by atoms with van der Waals surface area (Å²) in [6, 6.07) is 12.4. The van der Waals surface area contributed by atoms with Gasteiger partial charge in [0.05, 0.1) is 0 Å². The van der Waals surface area contributed by atoms with E-state index in [4.69, 9.17) is 11.6 Å². The number of nitrogens with zero attached hydrogens (tertiary/aromatic N) is 3. The zero-order chi connectivity index (χ0) is 17.1. The summed E-state index contributed by atoms with van der Waals surface area (Å²) < 4.78 is 15.0. The maximum atomic E-state index is 13.0. The molecule has 0 N–H and O–H groups in total. The second-order valence-electron chi connectivity index (χ2n) is 5.43. The van der Waals surface area contributed by atoms with Crippen molar-refractivity contribution in [3.8, 4) is 11.4 Å². The fraction of sp³-hybridized carbons (Fsp3) is 0.222. The van der Waals surface area contributed by atoms with Crippen LogP contribution in [0.2, 0.25) is 5.02 Å². The van der Waals surface area contributed by atoms with Gasteiger partial charge in [-0.05, 0) is 43.2 Å². The van der Waals surface area contributed by atoms with Gasteiger partial charge in [-0.15, -0.1) is 10.2 Å². The van der Waals surface area contributed by atoms with E-state index in [1.54, 1.807) is 23.9 Å². The molecule has 2 aromatic carbocycles. The van der Waals surface area contributed by atoms with Crippen LogP contribution >= 0.6 is 23.4 Å². The Kier molecular flexibility index (Phi) is 5.21. The number of benzene rings is 2. The van der Waals surface area contributed by atoms with Crippen molar-refractivity contribution in [2.45, 2.75) is 31.3 Å². The van der Waals surface area contributed by atoms with Gasteiger partial charge in [0.15, 0.2) is 11.0 Å². The molecule has 0 amide bonds. The summed E-state index contributed by atoms with van der Waals surface area (Å²) in [5.41, 5.74) is 3.04. The summed E-state index contributed by atoms with van der Waals surface area (Å²) in [5.74, 6) is 1.30. The van der Waals surface area contributed by atoms with Crippen LogP contribution in [0.15, 0.2) is 47.6 Å². The third kappa shape index (κ3) is 3.62. The third-order valence-corrected chi connectivity index (χ3v) is 5.19. The zero-order valence-electron chi connectivity index (χ0n) is 13.5. The van der Waals surface area contributed by atoms with E-state index in [0.717, 1.165) is 39.2 Å². The van der Waals surface area contributed by atoms with E-state index in [2.05, 4.69) is 21.7 Å². The lowest BCUT2D eigenvalue weighted by molar-refractivity contribution is 0.627. The van der Waals surface area contributed by atoms with Gasteiger partial charge in [-0.3, -0.25) is 0 Å². The molecule has 0 bridgehead atoms. The highest BCUT2D eigenvalue weighted by atomic mass is 35.5. The van der Waals surface area contributed by atoms with Gasteiger partial charge in [0, 0.05) is 22.9 Å². The predicted octanol–water partition coefficient (Wildman–Crippen LogP) is 5.36. The first-order valence-electron chi connectivity index (χ1n) is 7.65. The van der Waals surface area contributed by atoms with Gasteiger partial charge in [0.2, 0.25) is 0 Å². The molecule has 3 rings (SSSR count). The van der Waals surface area contributed by atoms with Crippen molar-refractivity contribution in [2.75, 3.05) is 0 Å². The first kappa shape index (κ1) is 17.0. The Morgan fingerprint density at radius 2 is 1.88 bits per heavy atom. The number of aryl methyl sites for hydroxylation is 1. The number of hydrogen-bond acceptors (Lipinski definition) is 3. The highest BCUT2D eigenvalue weighted by Crippen LogP contribution is 2.28. The van der Waals surface area contributed by atoms with Crippen LogP contribution in [0.1, 0.15) is 18.1 Å². The lowest BCUT2D eigenvalue weighted by Gasteiger charge is -2.08. The highest BCUT2D eigenvalue weighted by molar-refractivity contribution is 7.98. The minimum Gasteiger partial charge on any atom is -0.302 e. The molecule has 0 aliphatic rings. The molecule has 0 aliphatic heterocycles. The summed E-state index contributed by atoms with van der Waals surface area (Å²) in [7, 11) is 0. The quantitative estimate of drug-likeness (QED) is 0.573. The SMILES string of the molecule is CCn1c(SCc2ccc(F)cc2)nnc1-c1ccc(C)c(Cl)c1. The van der Waals surface area contributed by atoms with Crippen LogP contribution in [0.25, 0.3) is 11.4 Å². The van der Waals surface area contributed by atoms with Crippen molar-refractivity contribution in [2.24, 2.45) is 0 Å². The summed E-state index contributed by atoms with van der Waals surface area (Å²) in [6.45, 7) is 4.80. The number of halogens is 2. The number of rotatable bonds is 5. The van der Waals surface area contributed by atoms with Gasteiger partial charge in [-0.25, -0.2) is 4.39 Å². The lowest BCUT2D eigenvalue weighted by atomic mass is 10.1. The Morgan fingerprint density at radius 1 is 1.12 bits per heavy atom. The van der Waals surface area contributed by atoms with Crippen molar-refractivity contribution >= 4 is 23.4 Å².